The van der Waals surface area contributed by atoms with E-state index in [2.05, 4.69) is 0 Å². The lowest BCUT2D eigenvalue weighted by molar-refractivity contribution is 0.448. The number of phenols is 1. The molecule has 0 saturated carbocycles. The lowest BCUT2D eigenvalue weighted by atomic mass is 9.81. The molecule has 0 amide bonds. The molecule has 0 fully saturated rings. The van der Waals surface area contributed by atoms with E-state index in [1.165, 1.54) is 30.3 Å². The minimum absolute atomic E-state index is 0.0552. The normalized spacial score (nSPS) is 12.9. The van der Waals surface area contributed by atoms with Crippen LogP contribution in [-0.2, 0) is 35.5 Å². The van der Waals surface area contributed by atoms with E-state index in [9.17, 15) is 39.5 Å². The first kappa shape index (κ1) is 30.5. The van der Waals surface area contributed by atoms with Gasteiger partial charge in [0.25, 0.3) is 20.2 Å². The first-order valence-corrected chi connectivity index (χ1v) is 16.7. The van der Waals surface area contributed by atoms with Crippen LogP contribution >= 0.6 is 0 Å². The maximum absolute atomic E-state index is 13.5. The van der Waals surface area contributed by atoms with Crippen molar-refractivity contribution in [3.63, 3.8) is 0 Å². The Kier molecular flexibility index (Phi) is 7.97. The lowest BCUT2D eigenvalue weighted by Gasteiger charge is -2.27. The summed E-state index contributed by atoms with van der Waals surface area (Å²) < 4.78 is 101. The fourth-order valence-electron chi connectivity index (χ4n) is 4.68. The Hall–Kier alpha value is -3.49. The zero-order valence-corrected chi connectivity index (χ0v) is 24.7. The fraction of sp³-hybridized carbons (Fsp3) is 0.214. The highest BCUT2D eigenvalue weighted by molar-refractivity contribution is 7.91. The van der Waals surface area contributed by atoms with Gasteiger partial charge in [-0.3, -0.25) is 9.11 Å². The molecule has 3 N–H and O–H groups in total. The van der Waals surface area contributed by atoms with E-state index >= 15 is 0 Å². The molecule has 0 aliphatic carbocycles. The van der Waals surface area contributed by atoms with Crippen LogP contribution in [0.3, 0.4) is 0 Å². The molecule has 10 nitrogen and oxygen atoms in total. The van der Waals surface area contributed by atoms with Crippen molar-refractivity contribution in [2.75, 3.05) is 0 Å². The number of ether oxygens (including phenoxy) is 1. The van der Waals surface area contributed by atoms with Crippen LogP contribution in [0.15, 0.2) is 92.4 Å². The maximum atomic E-state index is 13.5. The van der Waals surface area contributed by atoms with Crippen molar-refractivity contribution in [2.24, 2.45) is 0 Å². The molecular weight excluding hydrogens is 592 g/mol. The van der Waals surface area contributed by atoms with Gasteiger partial charge in [0, 0.05) is 0 Å². The largest absolute Gasteiger partial charge is 0.508 e. The Labute approximate surface area is 238 Å². The lowest BCUT2D eigenvalue weighted by Crippen LogP contribution is -2.21. The molecular formula is C28H28O10S3. The molecule has 0 heterocycles. The monoisotopic (exact) mass is 620 g/mol. The average Bonchev–Trinajstić information content (AvgIpc) is 2.87. The number of fused-ring (bicyclic) bond motifs is 1. The summed E-state index contributed by atoms with van der Waals surface area (Å²) in [4.78, 5) is -2.47. The molecule has 41 heavy (non-hydrogen) atoms. The highest BCUT2D eigenvalue weighted by Gasteiger charge is 2.31. The standard InChI is InChI=1S/C28H28O10S3/c1-4-13-28(2,3)24-11-9-22(16-26(24)40(32,33)34)39(30,31)23-10-12-25(27(17-23)41(35,36)37)38-21-8-6-18-14-20(29)7-5-19(18)15-21/h5-12,14-17,29H,4,13H2,1-3H3,(H,32,33,34)(H,35,36,37). The number of phenolic OH excluding ortho intramolecular Hbond substituents is 1. The van der Waals surface area contributed by atoms with Gasteiger partial charge in [-0.2, -0.15) is 16.8 Å². The number of hydrogen-bond acceptors (Lipinski definition) is 8. The summed E-state index contributed by atoms with van der Waals surface area (Å²) in [6.45, 7) is 5.44. The predicted octanol–water partition coefficient (Wildman–Crippen LogP) is 5.74. The van der Waals surface area contributed by atoms with Crippen LogP contribution in [-0.4, -0.2) is 39.5 Å². The molecule has 0 unspecified atom stereocenters. The Bertz CT molecular complexity index is 1980. The van der Waals surface area contributed by atoms with Crippen molar-refractivity contribution in [3.8, 4) is 17.2 Å². The van der Waals surface area contributed by atoms with Gasteiger partial charge in [0.15, 0.2) is 0 Å². The first-order chi connectivity index (χ1) is 18.9. The van der Waals surface area contributed by atoms with Gasteiger partial charge in [0.2, 0.25) is 9.84 Å². The topological polar surface area (TPSA) is 172 Å². The van der Waals surface area contributed by atoms with E-state index in [1.807, 2.05) is 6.92 Å². The number of hydrogen-bond donors (Lipinski definition) is 3. The minimum atomic E-state index is -4.99. The number of rotatable bonds is 9. The number of sulfone groups is 1. The molecule has 13 heteroatoms. The molecule has 4 rings (SSSR count). The predicted molar refractivity (Wildman–Crippen MR) is 152 cm³/mol. The molecule has 0 atom stereocenters. The summed E-state index contributed by atoms with van der Waals surface area (Å²) in [5.74, 6) is -0.133. The van der Waals surface area contributed by atoms with Gasteiger partial charge in [0.1, 0.15) is 22.1 Å². The van der Waals surface area contributed by atoms with Crippen LogP contribution in [0.2, 0.25) is 0 Å². The Morgan fingerprint density at radius 3 is 1.88 bits per heavy atom. The van der Waals surface area contributed by atoms with Crippen LogP contribution in [0, 0.1) is 0 Å². The summed E-state index contributed by atoms with van der Waals surface area (Å²) in [6.07, 6.45) is 1.26. The average molecular weight is 621 g/mol. The number of benzene rings is 4. The Morgan fingerprint density at radius 2 is 1.27 bits per heavy atom. The summed E-state index contributed by atoms with van der Waals surface area (Å²) >= 11 is 0. The summed E-state index contributed by atoms with van der Waals surface area (Å²) in [5, 5.41) is 11.0. The highest BCUT2D eigenvalue weighted by Crippen LogP contribution is 2.37. The Morgan fingerprint density at radius 1 is 0.707 bits per heavy atom. The molecule has 0 aromatic heterocycles. The second-order valence-corrected chi connectivity index (χ2v) is 14.9. The third-order valence-electron chi connectivity index (χ3n) is 6.67. The highest BCUT2D eigenvalue weighted by atomic mass is 32.2. The maximum Gasteiger partial charge on any atom is 0.298 e. The van der Waals surface area contributed by atoms with Crippen molar-refractivity contribution in [3.05, 3.63) is 78.4 Å². The molecule has 4 aromatic rings. The van der Waals surface area contributed by atoms with Gasteiger partial charge < -0.3 is 9.84 Å². The first-order valence-electron chi connectivity index (χ1n) is 12.3. The zero-order chi connectivity index (χ0) is 30.4. The van der Waals surface area contributed by atoms with E-state index in [-0.39, 0.29) is 22.8 Å². The van der Waals surface area contributed by atoms with E-state index in [4.69, 9.17) is 4.74 Å². The summed E-state index contributed by atoms with van der Waals surface area (Å²) in [7, 11) is -14.3. The third-order valence-corrected chi connectivity index (χ3v) is 10.2. The quantitative estimate of drug-likeness (QED) is 0.196. The van der Waals surface area contributed by atoms with Crippen LogP contribution in [0.25, 0.3) is 10.8 Å². The second-order valence-electron chi connectivity index (χ2n) is 10.1. The smallest absolute Gasteiger partial charge is 0.298 e. The fourth-order valence-corrected chi connectivity index (χ4v) is 7.68. The van der Waals surface area contributed by atoms with Gasteiger partial charge in [-0.15, -0.1) is 0 Å². The van der Waals surface area contributed by atoms with Crippen molar-refractivity contribution in [1.82, 2.24) is 0 Å². The van der Waals surface area contributed by atoms with Gasteiger partial charge in [0.05, 0.1) is 14.7 Å². The third kappa shape index (κ3) is 6.39. The summed E-state index contributed by atoms with van der Waals surface area (Å²) in [5.41, 5.74) is -0.476. The number of aromatic hydroxyl groups is 1. The van der Waals surface area contributed by atoms with Crippen LogP contribution in [0.1, 0.15) is 39.2 Å². The SMILES string of the molecule is CCCC(C)(C)c1ccc(S(=O)(=O)c2ccc(Oc3ccc4cc(O)ccc4c3)c(S(=O)(=O)O)c2)cc1S(=O)(=O)O. The van der Waals surface area contributed by atoms with Crippen LogP contribution in [0.4, 0.5) is 0 Å². The van der Waals surface area contributed by atoms with Crippen molar-refractivity contribution >= 4 is 40.8 Å². The van der Waals surface area contributed by atoms with E-state index in [0.717, 1.165) is 18.2 Å². The van der Waals surface area contributed by atoms with Gasteiger partial charge in [-0.1, -0.05) is 45.4 Å². The zero-order valence-electron chi connectivity index (χ0n) is 22.3. The van der Waals surface area contributed by atoms with Crippen molar-refractivity contribution in [2.45, 2.75) is 58.6 Å². The molecule has 4 aromatic carbocycles. The van der Waals surface area contributed by atoms with Crippen molar-refractivity contribution < 1.29 is 44.2 Å². The van der Waals surface area contributed by atoms with Crippen molar-refractivity contribution in [1.29, 1.82) is 0 Å². The molecule has 0 spiro atoms. The van der Waals surface area contributed by atoms with Crippen LogP contribution in [0.5, 0.6) is 17.2 Å². The molecule has 0 saturated heterocycles. The molecule has 0 bridgehead atoms. The van der Waals surface area contributed by atoms with Gasteiger partial charge in [-0.05, 0) is 82.8 Å². The summed E-state index contributed by atoms with van der Waals surface area (Å²) in [6, 6.07) is 15.4. The van der Waals surface area contributed by atoms with Gasteiger partial charge >= 0.3 is 0 Å². The van der Waals surface area contributed by atoms with E-state index in [1.54, 1.807) is 32.0 Å². The minimum Gasteiger partial charge on any atom is -0.508 e. The van der Waals surface area contributed by atoms with Crippen LogP contribution < -0.4 is 4.74 Å². The molecule has 0 radical (unpaired) electrons. The van der Waals surface area contributed by atoms with Gasteiger partial charge in [-0.25, -0.2) is 8.42 Å². The molecule has 0 aliphatic heterocycles. The molecule has 0 aliphatic rings. The van der Waals surface area contributed by atoms with E-state index in [0.29, 0.717) is 29.7 Å². The Balaban J connectivity index is 1.80. The second kappa shape index (κ2) is 10.7. The molecule has 218 valence electrons. The van der Waals surface area contributed by atoms with E-state index < -0.39 is 55.1 Å².